The topological polar surface area (TPSA) is 61.4 Å². The molecule has 1 aromatic rings. The van der Waals surface area contributed by atoms with Crippen LogP contribution in [-0.2, 0) is 0 Å². The zero-order valence-electron chi connectivity index (χ0n) is 8.25. The number of rotatable bonds is 2. The van der Waals surface area contributed by atoms with Gasteiger partial charge in [-0.3, -0.25) is 0 Å². The lowest BCUT2D eigenvalue weighted by molar-refractivity contribution is 0.148. The molecule has 0 bridgehead atoms. The maximum atomic E-state index is 11.4. The van der Waals surface area contributed by atoms with Crippen molar-refractivity contribution in [3.63, 3.8) is 0 Å². The molecular formula is C9H8BrCl3N2O2. The lowest BCUT2D eigenvalue weighted by atomic mass is 10.3. The molecule has 0 radical (unpaired) electrons. The summed E-state index contributed by atoms with van der Waals surface area (Å²) in [5.41, 5.74) is 0.544. The molecule has 4 nitrogen and oxygen atoms in total. The first kappa shape index (κ1) is 14.9. The zero-order valence-corrected chi connectivity index (χ0v) is 12.1. The highest BCUT2D eigenvalue weighted by atomic mass is 79.9. The molecule has 1 unspecified atom stereocenters. The fourth-order valence-corrected chi connectivity index (χ4v) is 1.33. The van der Waals surface area contributed by atoms with Crippen molar-refractivity contribution >= 4 is 62.5 Å². The number of carbonyl (C=O) groups excluding carboxylic acids is 1. The smallest absolute Gasteiger partial charge is 0.321 e. The third-order valence-corrected chi connectivity index (χ3v) is 2.83. The van der Waals surface area contributed by atoms with E-state index in [0.29, 0.717) is 5.69 Å². The van der Waals surface area contributed by atoms with Gasteiger partial charge in [-0.25, -0.2) is 4.79 Å². The van der Waals surface area contributed by atoms with E-state index in [2.05, 4.69) is 26.6 Å². The number of hydrogen-bond donors (Lipinski definition) is 3. The van der Waals surface area contributed by atoms with E-state index < -0.39 is 16.1 Å². The van der Waals surface area contributed by atoms with Crippen molar-refractivity contribution in [3.05, 3.63) is 28.7 Å². The summed E-state index contributed by atoms with van der Waals surface area (Å²) in [5, 5.41) is 13.8. The van der Waals surface area contributed by atoms with E-state index in [9.17, 15) is 9.90 Å². The molecule has 3 N–H and O–H groups in total. The summed E-state index contributed by atoms with van der Waals surface area (Å²) in [4.78, 5) is 11.4. The number of hydrogen-bond acceptors (Lipinski definition) is 2. The Morgan fingerprint density at radius 2 is 1.82 bits per heavy atom. The maximum absolute atomic E-state index is 11.4. The van der Waals surface area contributed by atoms with Crippen LogP contribution >= 0.6 is 50.7 Å². The summed E-state index contributed by atoms with van der Waals surface area (Å²) < 4.78 is -1.10. The Morgan fingerprint density at radius 1 is 1.29 bits per heavy atom. The molecule has 1 atom stereocenters. The van der Waals surface area contributed by atoms with Gasteiger partial charge in [0, 0.05) is 10.2 Å². The Hall–Kier alpha value is -0.200. The fourth-order valence-electron chi connectivity index (χ4n) is 0.906. The molecule has 17 heavy (non-hydrogen) atoms. The normalized spacial score (nSPS) is 13.0. The van der Waals surface area contributed by atoms with Gasteiger partial charge in [-0.2, -0.15) is 0 Å². The van der Waals surface area contributed by atoms with Gasteiger partial charge in [0.05, 0.1) is 0 Å². The third-order valence-electron chi connectivity index (χ3n) is 1.68. The van der Waals surface area contributed by atoms with Crippen LogP contribution in [0.1, 0.15) is 0 Å². The molecule has 0 saturated heterocycles. The summed E-state index contributed by atoms with van der Waals surface area (Å²) in [7, 11) is 0. The molecular weight excluding hydrogens is 354 g/mol. The number of urea groups is 1. The van der Waals surface area contributed by atoms with Crippen LogP contribution in [0, 0.1) is 0 Å². The molecule has 94 valence electrons. The lowest BCUT2D eigenvalue weighted by Crippen LogP contribution is -2.45. The van der Waals surface area contributed by atoms with Crippen LogP contribution in [0.5, 0.6) is 0 Å². The second kappa shape index (κ2) is 6.11. The zero-order chi connectivity index (χ0) is 13.1. The minimum Gasteiger partial charge on any atom is -0.369 e. The first-order valence-electron chi connectivity index (χ1n) is 4.37. The molecule has 1 rings (SSSR count). The van der Waals surface area contributed by atoms with E-state index in [1.807, 2.05) is 0 Å². The lowest BCUT2D eigenvalue weighted by Gasteiger charge is -2.20. The van der Waals surface area contributed by atoms with Gasteiger partial charge >= 0.3 is 6.03 Å². The number of nitrogens with one attached hydrogen (secondary N) is 2. The number of carbonyl (C=O) groups is 1. The van der Waals surface area contributed by atoms with Crippen molar-refractivity contribution in [1.82, 2.24) is 5.32 Å². The van der Waals surface area contributed by atoms with Gasteiger partial charge in [0.15, 0.2) is 6.23 Å². The summed E-state index contributed by atoms with van der Waals surface area (Å²) in [6.07, 6.45) is -1.59. The summed E-state index contributed by atoms with van der Waals surface area (Å²) >= 11 is 19.4. The highest BCUT2D eigenvalue weighted by molar-refractivity contribution is 9.10. The largest absolute Gasteiger partial charge is 0.369 e. The summed E-state index contributed by atoms with van der Waals surface area (Å²) in [5.74, 6) is 0. The van der Waals surface area contributed by atoms with Gasteiger partial charge in [-0.15, -0.1) is 0 Å². The van der Waals surface area contributed by atoms with Gasteiger partial charge in [0.2, 0.25) is 3.79 Å². The molecule has 2 amide bonds. The predicted octanol–water partition coefficient (Wildman–Crippen LogP) is 3.26. The van der Waals surface area contributed by atoms with Crippen molar-refractivity contribution in [2.75, 3.05) is 5.32 Å². The monoisotopic (exact) mass is 360 g/mol. The number of amides is 2. The van der Waals surface area contributed by atoms with E-state index in [1.54, 1.807) is 24.3 Å². The number of anilines is 1. The number of aliphatic hydroxyl groups excluding tert-OH is 1. The van der Waals surface area contributed by atoms with Crippen molar-refractivity contribution in [2.24, 2.45) is 0 Å². The van der Waals surface area contributed by atoms with Crippen LogP contribution in [0.25, 0.3) is 0 Å². The van der Waals surface area contributed by atoms with Gasteiger partial charge in [-0.05, 0) is 24.3 Å². The quantitative estimate of drug-likeness (QED) is 0.559. The van der Waals surface area contributed by atoms with E-state index in [0.717, 1.165) is 4.47 Å². The Labute approximate surface area is 121 Å². The van der Waals surface area contributed by atoms with E-state index in [4.69, 9.17) is 34.8 Å². The average molecular weight is 362 g/mol. The Balaban J connectivity index is 2.53. The van der Waals surface area contributed by atoms with E-state index >= 15 is 0 Å². The maximum Gasteiger partial charge on any atom is 0.321 e. The SMILES string of the molecule is O=C(Nc1ccc(Br)cc1)NC(O)C(Cl)(Cl)Cl. The minimum atomic E-state index is -1.98. The second-order valence-corrected chi connectivity index (χ2v) is 6.33. The summed E-state index contributed by atoms with van der Waals surface area (Å²) in [6, 6.07) is 6.17. The first-order chi connectivity index (χ1) is 7.79. The molecule has 0 fully saturated rings. The Morgan fingerprint density at radius 3 is 2.29 bits per heavy atom. The number of benzene rings is 1. The second-order valence-electron chi connectivity index (χ2n) is 3.05. The van der Waals surface area contributed by atoms with Crippen molar-refractivity contribution in [3.8, 4) is 0 Å². The van der Waals surface area contributed by atoms with Gasteiger partial charge in [0.1, 0.15) is 0 Å². The van der Waals surface area contributed by atoms with E-state index in [-0.39, 0.29) is 0 Å². The highest BCUT2D eigenvalue weighted by Gasteiger charge is 2.32. The van der Waals surface area contributed by atoms with Gasteiger partial charge in [0.25, 0.3) is 0 Å². The van der Waals surface area contributed by atoms with Crippen LogP contribution in [0.15, 0.2) is 28.7 Å². The molecule has 0 spiro atoms. The number of halogens is 4. The molecule has 0 heterocycles. The van der Waals surface area contributed by atoms with Crippen LogP contribution in [0.3, 0.4) is 0 Å². The third kappa shape index (κ3) is 5.31. The van der Waals surface area contributed by atoms with Crippen LogP contribution in [-0.4, -0.2) is 21.2 Å². The van der Waals surface area contributed by atoms with Crippen LogP contribution < -0.4 is 10.6 Å². The van der Waals surface area contributed by atoms with Gasteiger partial charge in [-0.1, -0.05) is 50.7 Å². The number of alkyl halides is 3. The average Bonchev–Trinajstić information content (AvgIpc) is 2.20. The molecule has 0 aliphatic heterocycles. The molecule has 0 saturated carbocycles. The summed E-state index contributed by atoms with van der Waals surface area (Å²) in [6.45, 7) is 0. The van der Waals surface area contributed by atoms with Gasteiger partial charge < -0.3 is 15.7 Å². The molecule has 0 aliphatic carbocycles. The van der Waals surface area contributed by atoms with Crippen LogP contribution in [0.4, 0.5) is 10.5 Å². The molecule has 0 aliphatic rings. The fraction of sp³-hybridized carbons (Fsp3) is 0.222. The Bertz CT molecular complexity index is 394. The number of aliphatic hydroxyl groups is 1. The van der Waals surface area contributed by atoms with Crippen molar-refractivity contribution in [1.29, 1.82) is 0 Å². The minimum absolute atomic E-state index is 0.544. The standard InChI is InChI=1S/C9H8BrCl3N2O2/c10-5-1-3-6(4-2-5)14-8(17)15-7(16)9(11,12)13/h1-4,7,16H,(H2,14,15,17). The first-order valence-corrected chi connectivity index (χ1v) is 6.29. The van der Waals surface area contributed by atoms with E-state index in [1.165, 1.54) is 0 Å². The molecule has 1 aromatic carbocycles. The molecule has 8 heteroatoms. The van der Waals surface area contributed by atoms with Crippen molar-refractivity contribution < 1.29 is 9.90 Å². The van der Waals surface area contributed by atoms with Crippen molar-refractivity contribution in [2.45, 2.75) is 10.0 Å². The Kier molecular flexibility index (Phi) is 5.34. The van der Waals surface area contributed by atoms with Crippen LogP contribution in [0.2, 0.25) is 0 Å². The molecule has 0 aromatic heterocycles. The predicted molar refractivity (Wildman–Crippen MR) is 72.6 cm³/mol. The highest BCUT2D eigenvalue weighted by Crippen LogP contribution is 2.28.